The summed E-state index contributed by atoms with van der Waals surface area (Å²) in [7, 11) is 0. The molecule has 1 fully saturated rings. The van der Waals surface area contributed by atoms with Gasteiger partial charge in [0.25, 0.3) is 5.56 Å². The van der Waals surface area contributed by atoms with Gasteiger partial charge >= 0.3 is 5.69 Å². The number of nitrogen functional groups attached to an aromatic ring is 1. The lowest BCUT2D eigenvalue weighted by Gasteiger charge is -2.39. The topological polar surface area (TPSA) is 104 Å². The van der Waals surface area contributed by atoms with E-state index in [0.717, 1.165) is 19.3 Å². The van der Waals surface area contributed by atoms with Gasteiger partial charge in [0.05, 0.1) is 0 Å². The van der Waals surface area contributed by atoms with Crippen LogP contribution in [0.4, 0.5) is 11.5 Å². The van der Waals surface area contributed by atoms with Crippen LogP contribution in [0.25, 0.3) is 0 Å². The van der Waals surface area contributed by atoms with Gasteiger partial charge in [-0.15, -0.1) is 0 Å². The molecule has 2 rings (SSSR count). The third-order valence-electron chi connectivity index (χ3n) is 3.89. The van der Waals surface area contributed by atoms with Gasteiger partial charge < -0.3 is 15.7 Å². The lowest BCUT2D eigenvalue weighted by molar-refractivity contribution is 0.282. The molecule has 1 aliphatic carbocycles. The number of nitrogens with one attached hydrogen (secondary N) is 1. The summed E-state index contributed by atoms with van der Waals surface area (Å²) in [5.74, 6) is 0.214. The van der Waals surface area contributed by atoms with Crippen molar-refractivity contribution in [3.8, 4) is 0 Å². The summed E-state index contributed by atoms with van der Waals surface area (Å²) >= 11 is 0. The Labute approximate surface area is 117 Å². The second-order valence-electron chi connectivity index (χ2n) is 5.09. The average molecular weight is 282 g/mol. The second kappa shape index (κ2) is 6.13. The molecule has 0 aromatic carbocycles. The molecule has 4 N–H and O–H groups in total. The molecule has 0 bridgehead atoms. The molecule has 1 aliphatic rings. The molecule has 0 saturated heterocycles. The maximum Gasteiger partial charge on any atom is 0.330 e. The van der Waals surface area contributed by atoms with Crippen molar-refractivity contribution < 1.29 is 5.11 Å². The molecule has 0 spiro atoms. The fraction of sp³-hybridized carbons (Fsp3) is 0.692. The normalized spacial score (nSPS) is 15.1. The van der Waals surface area contributed by atoms with E-state index in [9.17, 15) is 9.59 Å². The third kappa shape index (κ3) is 2.58. The minimum Gasteiger partial charge on any atom is -0.396 e. The molecule has 0 unspecified atom stereocenters. The van der Waals surface area contributed by atoms with Gasteiger partial charge in [-0.25, -0.2) is 4.79 Å². The van der Waals surface area contributed by atoms with E-state index in [4.69, 9.17) is 10.8 Å². The Bertz CT molecular complexity index is 574. The van der Waals surface area contributed by atoms with Crippen LogP contribution >= 0.6 is 0 Å². The van der Waals surface area contributed by atoms with Gasteiger partial charge in [0.2, 0.25) is 0 Å². The number of aromatic amines is 1. The van der Waals surface area contributed by atoms with Crippen LogP contribution in [-0.2, 0) is 6.54 Å². The van der Waals surface area contributed by atoms with Crippen LogP contribution in [0, 0.1) is 0 Å². The number of rotatable bonds is 6. The fourth-order valence-electron chi connectivity index (χ4n) is 2.59. The molecule has 1 heterocycles. The molecule has 0 aliphatic heterocycles. The van der Waals surface area contributed by atoms with Crippen molar-refractivity contribution in [2.45, 2.75) is 45.2 Å². The number of anilines is 2. The number of hydrogen-bond donors (Lipinski definition) is 3. The molecule has 7 heteroatoms. The van der Waals surface area contributed by atoms with Crippen LogP contribution in [0.3, 0.4) is 0 Å². The zero-order chi connectivity index (χ0) is 14.7. The third-order valence-corrected chi connectivity index (χ3v) is 3.89. The first-order valence-electron chi connectivity index (χ1n) is 7.10. The number of hydrogen-bond acceptors (Lipinski definition) is 5. The Morgan fingerprint density at radius 3 is 2.65 bits per heavy atom. The van der Waals surface area contributed by atoms with Gasteiger partial charge in [-0.3, -0.25) is 14.3 Å². The summed E-state index contributed by atoms with van der Waals surface area (Å²) in [5.41, 5.74) is 5.47. The quantitative estimate of drug-likeness (QED) is 0.675. The molecule has 0 radical (unpaired) electrons. The zero-order valence-corrected chi connectivity index (χ0v) is 11.8. The summed E-state index contributed by atoms with van der Waals surface area (Å²) in [6.45, 7) is 2.85. The van der Waals surface area contributed by atoms with Crippen molar-refractivity contribution in [3.05, 3.63) is 20.8 Å². The van der Waals surface area contributed by atoms with Crippen molar-refractivity contribution in [1.29, 1.82) is 0 Å². The fourth-order valence-corrected chi connectivity index (χ4v) is 2.59. The summed E-state index contributed by atoms with van der Waals surface area (Å²) in [4.78, 5) is 28.1. The zero-order valence-electron chi connectivity index (χ0n) is 11.8. The first-order chi connectivity index (χ1) is 9.60. The lowest BCUT2D eigenvalue weighted by Crippen LogP contribution is -2.46. The standard InChI is InChI=1S/C13H22N4O3/c1-2-16-11(14)10(12(19)15-13(16)20)17(7-4-8-18)9-5-3-6-9/h9,18H,2-8,14H2,1H3,(H,15,19,20). The van der Waals surface area contributed by atoms with Crippen molar-refractivity contribution >= 4 is 11.5 Å². The van der Waals surface area contributed by atoms with Crippen LogP contribution in [-0.4, -0.2) is 33.9 Å². The highest BCUT2D eigenvalue weighted by Crippen LogP contribution is 2.30. The summed E-state index contributed by atoms with van der Waals surface area (Å²) in [5, 5.41) is 9.02. The molecule has 1 saturated carbocycles. The van der Waals surface area contributed by atoms with E-state index in [-0.39, 0.29) is 18.5 Å². The number of nitrogens with zero attached hydrogens (tertiary/aromatic N) is 2. The maximum atomic E-state index is 12.1. The molecular formula is C13H22N4O3. The Morgan fingerprint density at radius 1 is 1.45 bits per heavy atom. The second-order valence-corrected chi connectivity index (χ2v) is 5.09. The van der Waals surface area contributed by atoms with E-state index < -0.39 is 11.2 Å². The number of aromatic nitrogens is 2. The lowest BCUT2D eigenvalue weighted by atomic mass is 9.91. The van der Waals surface area contributed by atoms with Crippen molar-refractivity contribution in [3.63, 3.8) is 0 Å². The number of aliphatic hydroxyl groups is 1. The highest BCUT2D eigenvalue weighted by Gasteiger charge is 2.29. The Kier molecular flexibility index (Phi) is 4.49. The Morgan fingerprint density at radius 2 is 2.15 bits per heavy atom. The predicted molar refractivity (Wildman–Crippen MR) is 78.1 cm³/mol. The van der Waals surface area contributed by atoms with E-state index in [1.54, 1.807) is 6.92 Å². The average Bonchev–Trinajstić information content (AvgIpc) is 2.33. The van der Waals surface area contributed by atoms with Gasteiger partial charge in [0.1, 0.15) is 11.5 Å². The molecular weight excluding hydrogens is 260 g/mol. The number of H-pyrrole nitrogens is 1. The molecule has 112 valence electrons. The predicted octanol–water partition coefficient (Wildman–Crippen LogP) is -0.120. The highest BCUT2D eigenvalue weighted by atomic mass is 16.3. The van der Waals surface area contributed by atoms with Crippen molar-refractivity contribution in [2.24, 2.45) is 0 Å². The first kappa shape index (κ1) is 14.6. The monoisotopic (exact) mass is 282 g/mol. The Balaban J connectivity index is 2.46. The highest BCUT2D eigenvalue weighted by molar-refractivity contribution is 5.63. The van der Waals surface area contributed by atoms with Gasteiger partial charge in [-0.2, -0.15) is 0 Å². The number of aliphatic hydroxyl groups excluding tert-OH is 1. The smallest absolute Gasteiger partial charge is 0.330 e. The minimum atomic E-state index is -0.477. The van der Waals surface area contributed by atoms with Gasteiger partial charge in [0.15, 0.2) is 0 Å². The van der Waals surface area contributed by atoms with E-state index in [2.05, 4.69) is 4.98 Å². The summed E-state index contributed by atoms with van der Waals surface area (Å²) < 4.78 is 1.36. The van der Waals surface area contributed by atoms with Crippen LogP contribution in [0.2, 0.25) is 0 Å². The number of nitrogens with two attached hydrogens (primary N) is 1. The molecule has 1 aromatic rings. The van der Waals surface area contributed by atoms with Gasteiger partial charge in [-0.1, -0.05) is 0 Å². The van der Waals surface area contributed by atoms with E-state index >= 15 is 0 Å². The van der Waals surface area contributed by atoms with Gasteiger partial charge in [-0.05, 0) is 32.6 Å². The molecule has 0 amide bonds. The SMILES string of the molecule is CCn1c(N)c(N(CCCO)C2CCC2)c(=O)[nH]c1=O. The van der Waals surface area contributed by atoms with Crippen LogP contribution in [0.5, 0.6) is 0 Å². The van der Waals surface area contributed by atoms with E-state index in [1.165, 1.54) is 4.57 Å². The maximum absolute atomic E-state index is 12.1. The van der Waals surface area contributed by atoms with Crippen LogP contribution < -0.4 is 21.9 Å². The van der Waals surface area contributed by atoms with Crippen LogP contribution in [0.15, 0.2) is 9.59 Å². The van der Waals surface area contributed by atoms with E-state index in [0.29, 0.717) is 25.2 Å². The minimum absolute atomic E-state index is 0.0639. The molecule has 1 aromatic heterocycles. The molecule has 0 atom stereocenters. The summed E-state index contributed by atoms with van der Waals surface area (Å²) in [6, 6.07) is 0.271. The van der Waals surface area contributed by atoms with Crippen molar-refractivity contribution in [1.82, 2.24) is 9.55 Å². The largest absolute Gasteiger partial charge is 0.396 e. The molecule has 20 heavy (non-hydrogen) atoms. The molecule has 7 nitrogen and oxygen atoms in total. The van der Waals surface area contributed by atoms with E-state index in [1.807, 2.05) is 4.90 Å². The Hall–Kier alpha value is -1.76. The first-order valence-corrected chi connectivity index (χ1v) is 7.10. The summed E-state index contributed by atoms with van der Waals surface area (Å²) in [6.07, 6.45) is 3.72. The van der Waals surface area contributed by atoms with Crippen LogP contribution in [0.1, 0.15) is 32.6 Å². The van der Waals surface area contributed by atoms with Gasteiger partial charge in [0, 0.05) is 25.7 Å². The van der Waals surface area contributed by atoms with Crippen molar-refractivity contribution in [2.75, 3.05) is 23.8 Å².